The zero-order chi connectivity index (χ0) is 15.3. The van der Waals surface area contributed by atoms with Gasteiger partial charge in [-0.1, -0.05) is 0 Å². The van der Waals surface area contributed by atoms with Crippen molar-refractivity contribution in [3.05, 3.63) is 17.8 Å². The highest BCUT2D eigenvalue weighted by Crippen LogP contribution is 2.37. The lowest BCUT2D eigenvalue weighted by Gasteiger charge is -2.32. The molecule has 1 aliphatic rings. The van der Waals surface area contributed by atoms with Crippen LogP contribution in [0.1, 0.15) is 33.3 Å². The lowest BCUT2D eigenvalue weighted by atomic mass is 9.77. The van der Waals surface area contributed by atoms with Crippen LogP contribution in [-0.2, 0) is 19.3 Å². The number of nitrogens with zero attached hydrogens (tertiary/aromatic N) is 1. The Bertz CT molecular complexity index is 627. The van der Waals surface area contributed by atoms with Crippen molar-refractivity contribution in [1.29, 1.82) is 0 Å². The predicted molar refractivity (Wildman–Crippen MR) is 76.1 cm³/mol. The quantitative estimate of drug-likeness (QED) is 0.795. The Kier molecular flexibility index (Phi) is 3.49. The van der Waals surface area contributed by atoms with E-state index < -0.39 is 28.3 Å². The minimum Gasteiger partial charge on any atom is -0.399 e. The fraction of sp³-hybridized carbons (Fsp3) is 0.583. The zero-order valence-electron chi connectivity index (χ0n) is 12.3. The van der Waals surface area contributed by atoms with Gasteiger partial charge in [0.1, 0.15) is 0 Å². The topological polar surface area (TPSA) is 91.5 Å². The van der Waals surface area contributed by atoms with E-state index in [9.17, 15) is 8.42 Å². The number of aromatic nitrogens is 1. The normalized spacial score (nSPS) is 21.2. The van der Waals surface area contributed by atoms with Crippen LogP contribution >= 0.6 is 0 Å². The summed E-state index contributed by atoms with van der Waals surface area (Å²) in [6, 6.07) is 1.70. The van der Waals surface area contributed by atoms with Crippen LogP contribution in [0, 0.1) is 6.92 Å². The number of nitrogens with two attached hydrogens (primary N) is 1. The first kappa shape index (κ1) is 15.4. The van der Waals surface area contributed by atoms with E-state index in [0.29, 0.717) is 11.0 Å². The molecule has 1 saturated heterocycles. The van der Waals surface area contributed by atoms with E-state index in [4.69, 9.17) is 14.4 Å². The largest absolute Gasteiger partial charge is 0.498 e. The van der Waals surface area contributed by atoms with E-state index in [1.165, 1.54) is 6.20 Å². The van der Waals surface area contributed by atoms with Crippen molar-refractivity contribution >= 4 is 22.6 Å². The Balaban J connectivity index is 2.56. The second-order valence-electron chi connectivity index (χ2n) is 5.98. The SMILES string of the molecule is Cc1ccnc(S(N)(=O)=O)c1B1OC(C)(C)C(C)(C)O1. The van der Waals surface area contributed by atoms with Gasteiger partial charge in [0.05, 0.1) is 11.2 Å². The molecule has 1 aromatic rings. The fourth-order valence-corrected chi connectivity index (χ4v) is 2.79. The maximum atomic E-state index is 11.7. The molecule has 1 aromatic heterocycles. The summed E-state index contributed by atoms with van der Waals surface area (Å²) in [7, 11) is -4.74. The van der Waals surface area contributed by atoms with Crippen LogP contribution in [0.4, 0.5) is 0 Å². The van der Waals surface area contributed by atoms with Gasteiger partial charge in [-0.05, 0) is 46.2 Å². The molecule has 110 valence electrons. The van der Waals surface area contributed by atoms with Crippen molar-refractivity contribution < 1.29 is 17.7 Å². The Morgan fingerprint density at radius 3 is 2.15 bits per heavy atom. The molecular formula is C12H19BN2O4S. The van der Waals surface area contributed by atoms with Crippen LogP contribution in [-0.4, -0.2) is 31.7 Å². The second kappa shape index (κ2) is 4.52. The maximum absolute atomic E-state index is 11.7. The Labute approximate surface area is 119 Å². The van der Waals surface area contributed by atoms with Crippen molar-refractivity contribution in [2.24, 2.45) is 5.14 Å². The molecule has 0 saturated carbocycles. The van der Waals surface area contributed by atoms with Crippen molar-refractivity contribution in [2.45, 2.75) is 50.8 Å². The van der Waals surface area contributed by atoms with Gasteiger partial charge >= 0.3 is 7.12 Å². The standard InChI is InChI=1S/C12H19BN2O4S/c1-8-6-7-15-10(20(14,16)17)9(8)13-18-11(2,3)12(4,5)19-13/h6-7H,1-5H3,(H2,14,16,17). The van der Waals surface area contributed by atoms with Crippen LogP contribution in [0.25, 0.3) is 0 Å². The van der Waals surface area contributed by atoms with Gasteiger partial charge in [-0.15, -0.1) is 0 Å². The number of primary sulfonamides is 1. The third kappa shape index (κ3) is 2.48. The van der Waals surface area contributed by atoms with Crippen molar-refractivity contribution in [3.63, 3.8) is 0 Å². The third-order valence-electron chi connectivity index (χ3n) is 3.93. The molecule has 2 N–H and O–H groups in total. The van der Waals surface area contributed by atoms with Gasteiger partial charge in [0.2, 0.25) is 0 Å². The highest BCUT2D eigenvalue weighted by molar-refractivity contribution is 7.89. The molecule has 1 fully saturated rings. The summed E-state index contributed by atoms with van der Waals surface area (Å²) in [5.41, 5.74) is -0.0401. The maximum Gasteiger partial charge on any atom is 0.498 e. The smallest absolute Gasteiger partial charge is 0.399 e. The molecule has 8 heteroatoms. The molecule has 0 aliphatic carbocycles. The Morgan fingerprint density at radius 2 is 1.70 bits per heavy atom. The summed E-state index contributed by atoms with van der Waals surface area (Å²) >= 11 is 0. The van der Waals surface area contributed by atoms with Gasteiger partial charge < -0.3 is 9.31 Å². The summed E-state index contributed by atoms with van der Waals surface area (Å²) in [4.78, 5) is 3.88. The van der Waals surface area contributed by atoms with Gasteiger partial charge in [-0.25, -0.2) is 18.5 Å². The number of rotatable bonds is 2. The molecule has 0 amide bonds. The fourth-order valence-electron chi connectivity index (χ4n) is 2.02. The highest BCUT2D eigenvalue weighted by Gasteiger charge is 2.53. The highest BCUT2D eigenvalue weighted by atomic mass is 32.2. The summed E-state index contributed by atoms with van der Waals surface area (Å²) in [5, 5.41) is 5.03. The van der Waals surface area contributed by atoms with Crippen LogP contribution in [0.5, 0.6) is 0 Å². The first-order chi connectivity index (χ1) is 8.96. The number of hydrogen-bond acceptors (Lipinski definition) is 5. The average Bonchev–Trinajstić information content (AvgIpc) is 2.46. The van der Waals surface area contributed by atoms with E-state index in [1.807, 2.05) is 27.7 Å². The minimum absolute atomic E-state index is 0.198. The molecule has 0 spiro atoms. The monoisotopic (exact) mass is 298 g/mol. The predicted octanol–water partition coefficient (Wildman–Crippen LogP) is 0.337. The van der Waals surface area contributed by atoms with E-state index in [2.05, 4.69) is 4.98 Å². The molecular weight excluding hydrogens is 279 g/mol. The van der Waals surface area contributed by atoms with Gasteiger partial charge in [0.15, 0.2) is 5.03 Å². The molecule has 0 radical (unpaired) electrons. The number of hydrogen-bond donors (Lipinski definition) is 1. The van der Waals surface area contributed by atoms with E-state index >= 15 is 0 Å². The second-order valence-corrected chi connectivity index (χ2v) is 7.46. The van der Waals surface area contributed by atoms with Crippen LogP contribution in [0.15, 0.2) is 17.3 Å². The summed E-state index contributed by atoms with van der Waals surface area (Å²) in [6.45, 7) is 9.37. The first-order valence-corrected chi connectivity index (χ1v) is 7.84. The van der Waals surface area contributed by atoms with Gasteiger partial charge in [-0.2, -0.15) is 0 Å². The molecule has 0 unspecified atom stereocenters. The molecule has 2 rings (SSSR count). The van der Waals surface area contributed by atoms with Crippen LogP contribution < -0.4 is 10.6 Å². The molecule has 2 heterocycles. The minimum atomic E-state index is -3.94. The molecule has 6 nitrogen and oxygen atoms in total. The van der Waals surface area contributed by atoms with E-state index in [0.717, 1.165) is 0 Å². The number of aryl methyl sites for hydroxylation is 1. The molecule has 20 heavy (non-hydrogen) atoms. The Morgan fingerprint density at radius 1 is 1.20 bits per heavy atom. The van der Waals surface area contributed by atoms with Crippen LogP contribution in [0.3, 0.4) is 0 Å². The molecule has 0 atom stereocenters. The molecule has 0 bridgehead atoms. The van der Waals surface area contributed by atoms with Crippen LogP contribution in [0.2, 0.25) is 0 Å². The van der Waals surface area contributed by atoms with E-state index in [1.54, 1.807) is 13.0 Å². The first-order valence-electron chi connectivity index (χ1n) is 6.30. The van der Waals surface area contributed by atoms with Gasteiger partial charge in [0.25, 0.3) is 10.0 Å². The number of sulfonamides is 1. The summed E-state index contributed by atoms with van der Waals surface area (Å²) < 4.78 is 35.1. The molecule has 1 aliphatic heterocycles. The summed E-state index contributed by atoms with van der Waals surface area (Å²) in [6.07, 6.45) is 1.41. The lowest BCUT2D eigenvalue weighted by molar-refractivity contribution is 0.00578. The number of pyridine rings is 1. The van der Waals surface area contributed by atoms with Crippen molar-refractivity contribution in [1.82, 2.24) is 4.98 Å². The van der Waals surface area contributed by atoms with Gasteiger partial charge in [-0.3, -0.25) is 0 Å². The third-order valence-corrected chi connectivity index (χ3v) is 4.79. The Hall–Kier alpha value is -0.955. The van der Waals surface area contributed by atoms with E-state index in [-0.39, 0.29) is 5.03 Å². The average molecular weight is 298 g/mol. The van der Waals surface area contributed by atoms with Crippen molar-refractivity contribution in [2.75, 3.05) is 0 Å². The zero-order valence-corrected chi connectivity index (χ0v) is 13.1. The lowest BCUT2D eigenvalue weighted by Crippen LogP contribution is -2.41. The molecule has 0 aromatic carbocycles. The van der Waals surface area contributed by atoms with Gasteiger partial charge in [0, 0.05) is 11.7 Å². The van der Waals surface area contributed by atoms with Crippen molar-refractivity contribution in [3.8, 4) is 0 Å². The summed E-state index contributed by atoms with van der Waals surface area (Å²) in [5.74, 6) is 0.